The Bertz CT molecular complexity index is 975. The van der Waals surface area contributed by atoms with Crippen LogP contribution < -0.4 is 0 Å². The number of carbonyl (C=O) groups excluding carboxylic acids is 1. The highest BCUT2D eigenvalue weighted by atomic mass is 35.5. The van der Waals surface area contributed by atoms with Crippen molar-refractivity contribution in [3.63, 3.8) is 0 Å². The largest absolute Gasteiger partial charge is 0.512 e. The number of allylic oxidation sites excluding steroid dienone is 1. The molecule has 2 aliphatic rings. The number of hydrogen-bond acceptors (Lipinski definition) is 5. The predicted molar refractivity (Wildman–Crippen MR) is 111 cm³/mol. The average Bonchev–Trinajstić information content (AvgIpc) is 3.14. The monoisotopic (exact) mass is 418 g/mol. The van der Waals surface area contributed by atoms with Crippen LogP contribution in [-0.4, -0.2) is 34.6 Å². The van der Waals surface area contributed by atoms with Crippen LogP contribution in [0.5, 0.6) is 0 Å². The first-order chi connectivity index (χ1) is 13.9. The zero-order valence-electron chi connectivity index (χ0n) is 17.1. The molecule has 2 heterocycles. The van der Waals surface area contributed by atoms with Gasteiger partial charge in [0.25, 0.3) is 0 Å². The zero-order chi connectivity index (χ0) is 20.7. The van der Waals surface area contributed by atoms with Crippen molar-refractivity contribution in [1.82, 2.24) is 9.78 Å². The molecule has 29 heavy (non-hydrogen) atoms. The number of halogens is 1. The van der Waals surface area contributed by atoms with E-state index in [-0.39, 0.29) is 23.8 Å². The van der Waals surface area contributed by atoms with E-state index in [0.29, 0.717) is 17.0 Å². The van der Waals surface area contributed by atoms with Crippen LogP contribution in [0.15, 0.2) is 23.6 Å². The molecule has 0 radical (unpaired) electrons. The van der Waals surface area contributed by atoms with Crippen LogP contribution in [0.2, 0.25) is 5.02 Å². The number of esters is 1. The lowest BCUT2D eigenvalue weighted by Gasteiger charge is -2.32. The summed E-state index contributed by atoms with van der Waals surface area (Å²) in [6, 6.07) is 1.93. The van der Waals surface area contributed by atoms with E-state index in [4.69, 9.17) is 21.1 Å². The van der Waals surface area contributed by atoms with Gasteiger partial charge in [-0.3, -0.25) is 0 Å². The summed E-state index contributed by atoms with van der Waals surface area (Å²) in [6.45, 7) is 4.78. The number of methoxy groups -OCH3 is 1. The number of carbonyl (C=O) groups is 1. The van der Waals surface area contributed by atoms with E-state index in [2.05, 4.69) is 12.0 Å². The maximum atomic E-state index is 12.6. The molecule has 0 amide bonds. The minimum atomic E-state index is -0.491. The standard InChI is InChI=1S/C22H27ClN2O4/c1-12-7-8-17(26)21(22(27)28-3)19(12)20-13(2)15(23)10-16-14(20)11-24-25(16)18-6-4-5-9-29-18/h10-12,18-19,26H,4-9H2,1-3H3/t12-,18?,19-/m1/s1. The van der Waals surface area contributed by atoms with Gasteiger partial charge >= 0.3 is 5.97 Å². The molecule has 1 N–H and O–H groups in total. The fourth-order valence-corrected chi connectivity index (χ4v) is 4.95. The van der Waals surface area contributed by atoms with Crippen LogP contribution in [0.3, 0.4) is 0 Å². The molecule has 0 spiro atoms. The summed E-state index contributed by atoms with van der Waals surface area (Å²) in [5, 5.41) is 16.8. The average molecular weight is 419 g/mol. The number of nitrogens with zero attached hydrogens (tertiary/aromatic N) is 2. The zero-order valence-corrected chi connectivity index (χ0v) is 17.8. The van der Waals surface area contributed by atoms with E-state index < -0.39 is 5.97 Å². The molecule has 1 aromatic heterocycles. The molecule has 7 heteroatoms. The number of rotatable bonds is 3. The maximum Gasteiger partial charge on any atom is 0.337 e. The second-order valence-electron chi connectivity index (χ2n) is 8.09. The van der Waals surface area contributed by atoms with Crippen LogP contribution in [-0.2, 0) is 14.3 Å². The van der Waals surface area contributed by atoms with Gasteiger partial charge < -0.3 is 14.6 Å². The SMILES string of the molecule is COC(=O)C1=C(O)CC[C@@H](C)[C@@H]1c1c(C)c(Cl)cc2c1cnn2C1CCCCO1. The molecule has 1 aromatic carbocycles. The molecule has 1 saturated heterocycles. The molecule has 2 aromatic rings. The van der Waals surface area contributed by atoms with Gasteiger partial charge in [-0.1, -0.05) is 18.5 Å². The number of ether oxygens (including phenoxy) is 2. The highest BCUT2D eigenvalue weighted by Gasteiger charge is 2.38. The van der Waals surface area contributed by atoms with Crippen molar-refractivity contribution >= 4 is 28.5 Å². The maximum absolute atomic E-state index is 12.6. The van der Waals surface area contributed by atoms with E-state index in [0.717, 1.165) is 54.3 Å². The number of fused-ring (bicyclic) bond motifs is 1. The summed E-state index contributed by atoms with van der Waals surface area (Å²) in [5.74, 6) is -0.540. The fraction of sp³-hybridized carbons (Fsp3) is 0.545. The first kappa shape index (κ1) is 20.2. The molecule has 1 unspecified atom stereocenters. The summed E-state index contributed by atoms with van der Waals surface area (Å²) in [5.41, 5.74) is 3.06. The van der Waals surface area contributed by atoms with Crippen LogP contribution >= 0.6 is 11.6 Å². The Morgan fingerprint density at radius 1 is 1.38 bits per heavy atom. The van der Waals surface area contributed by atoms with Crippen molar-refractivity contribution < 1.29 is 19.4 Å². The van der Waals surface area contributed by atoms with Gasteiger partial charge in [-0.25, -0.2) is 9.48 Å². The third-order valence-electron chi connectivity index (χ3n) is 6.32. The van der Waals surface area contributed by atoms with E-state index >= 15 is 0 Å². The first-order valence-electron chi connectivity index (χ1n) is 10.2. The van der Waals surface area contributed by atoms with Crippen molar-refractivity contribution in [3.05, 3.63) is 39.7 Å². The van der Waals surface area contributed by atoms with Gasteiger partial charge in [-0.15, -0.1) is 0 Å². The van der Waals surface area contributed by atoms with Gasteiger partial charge in [0.15, 0.2) is 6.23 Å². The number of hydrogen-bond donors (Lipinski definition) is 1. The van der Waals surface area contributed by atoms with Gasteiger partial charge in [0.1, 0.15) is 5.76 Å². The molecule has 0 bridgehead atoms. The molecular weight excluding hydrogens is 392 g/mol. The lowest BCUT2D eigenvalue weighted by molar-refractivity contribution is -0.137. The Morgan fingerprint density at radius 3 is 2.86 bits per heavy atom. The molecular formula is C22H27ClN2O4. The highest BCUT2D eigenvalue weighted by molar-refractivity contribution is 6.32. The lowest BCUT2D eigenvalue weighted by Crippen LogP contribution is -2.26. The molecule has 4 rings (SSSR count). The molecule has 3 atom stereocenters. The van der Waals surface area contributed by atoms with E-state index in [1.807, 2.05) is 23.9 Å². The molecule has 0 saturated carbocycles. The predicted octanol–water partition coefficient (Wildman–Crippen LogP) is 5.20. The summed E-state index contributed by atoms with van der Waals surface area (Å²) in [6.07, 6.45) is 6.05. The molecule has 1 fully saturated rings. The second kappa shape index (κ2) is 8.00. The molecule has 1 aliphatic carbocycles. The molecule has 1 aliphatic heterocycles. The van der Waals surface area contributed by atoms with Crippen molar-refractivity contribution in [3.8, 4) is 0 Å². The van der Waals surface area contributed by atoms with Crippen molar-refractivity contribution in [2.24, 2.45) is 5.92 Å². The highest BCUT2D eigenvalue weighted by Crippen LogP contribution is 2.46. The van der Waals surface area contributed by atoms with Crippen molar-refractivity contribution in [2.45, 2.75) is 58.1 Å². The van der Waals surface area contributed by atoms with Gasteiger partial charge in [0.2, 0.25) is 0 Å². The Labute approximate surface area is 175 Å². The minimum Gasteiger partial charge on any atom is -0.512 e. The van der Waals surface area contributed by atoms with Gasteiger partial charge in [0, 0.05) is 29.4 Å². The number of aliphatic hydroxyl groups excluding tert-OH is 1. The first-order valence-corrected chi connectivity index (χ1v) is 10.6. The third kappa shape index (κ3) is 3.42. The van der Waals surface area contributed by atoms with Crippen LogP contribution in [0, 0.1) is 12.8 Å². The Morgan fingerprint density at radius 2 is 2.17 bits per heavy atom. The summed E-state index contributed by atoms with van der Waals surface area (Å²) in [7, 11) is 1.35. The van der Waals surface area contributed by atoms with E-state index in [9.17, 15) is 9.90 Å². The minimum absolute atomic E-state index is 0.107. The molecule has 6 nitrogen and oxygen atoms in total. The summed E-state index contributed by atoms with van der Waals surface area (Å²) >= 11 is 6.65. The Kier molecular flexibility index (Phi) is 5.58. The molecule has 156 valence electrons. The number of aliphatic hydroxyl groups is 1. The number of benzene rings is 1. The van der Waals surface area contributed by atoms with Gasteiger partial charge in [0.05, 0.1) is 24.4 Å². The number of aromatic nitrogens is 2. The van der Waals surface area contributed by atoms with Crippen LogP contribution in [0.4, 0.5) is 0 Å². The summed E-state index contributed by atoms with van der Waals surface area (Å²) < 4.78 is 12.8. The van der Waals surface area contributed by atoms with Crippen molar-refractivity contribution in [2.75, 3.05) is 13.7 Å². The third-order valence-corrected chi connectivity index (χ3v) is 6.71. The van der Waals surface area contributed by atoms with Crippen LogP contribution in [0.1, 0.15) is 62.3 Å². The lowest BCUT2D eigenvalue weighted by atomic mass is 9.72. The normalized spacial score (nSPS) is 25.4. The van der Waals surface area contributed by atoms with Gasteiger partial charge in [-0.2, -0.15) is 5.10 Å². The fourth-order valence-electron chi connectivity index (χ4n) is 4.74. The van der Waals surface area contributed by atoms with Crippen LogP contribution in [0.25, 0.3) is 10.9 Å². The van der Waals surface area contributed by atoms with Gasteiger partial charge in [-0.05, 0) is 55.7 Å². The van der Waals surface area contributed by atoms with E-state index in [1.165, 1.54) is 7.11 Å². The smallest absolute Gasteiger partial charge is 0.337 e. The Balaban J connectivity index is 1.92. The topological polar surface area (TPSA) is 73.6 Å². The van der Waals surface area contributed by atoms with E-state index in [1.54, 1.807) is 0 Å². The summed E-state index contributed by atoms with van der Waals surface area (Å²) in [4.78, 5) is 12.6. The second-order valence-corrected chi connectivity index (χ2v) is 8.49. The Hall–Kier alpha value is -2.05. The quantitative estimate of drug-likeness (QED) is 0.694. The van der Waals surface area contributed by atoms with Crippen molar-refractivity contribution in [1.29, 1.82) is 0 Å².